The summed E-state index contributed by atoms with van der Waals surface area (Å²) in [5.41, 5.74) is 0. The minimum Gasteiger partial charge on any atom is -0.395 e. The highest BCUT2D eigenvalue weighted by Crippen LogP contribution is 2.03. The second-order valence-corrected chi connectivity index (χ2v) is 6.75. The molecular formula is C14H35N2O5S+. The standard InChI is InChI=1S/C8H20N.C6H15NO5S/c1-5-9(6-2,7-3)8-4;8-4-1-7(2-5-9)3-6-13(10,11)12/h5-8H2,1-4H3;8-9H,1-6H2,(H,10,11,12)/q+1;. The minimum atomic E-state index is -3.96. The van der Waals surface area contributed by atoms with Crippen LogP contribution < -0.4 is 0 Å². The summed E-state index contributed by atoms with van der Waals surface area (Å²) in [5.74, 6) is -0.382. The van der Waals surface area contributed by atoms with Crippen LogP contribution in [0.15, 0.2) is 0 Å². The smallest absolute Gasteiger partial charge is 0.266 e. The van der Waals surface area contributed by atoms with Gasteiger partial charge in [-0.25, -0.2) is 0 Å². The summed E-state index contributed by atoms with van der Waals surface area (Å²) in [4.78, 5) is 1.55. The van der Waals surface area contributed by atoms with Gasteiger partial charge >= 0.3 is 0 Å². The Balaban J connectivity index is 0. The fourth-order valence-electron chi connectivity index (χ4n) is 2.20. The van der Waals surface area contributed by atoms with Gasteiger partial charge < -0.3 is 14.7 Å². The first kappa shape index (κ1) is 24.0. The highest BCUT2D eigenvalue weighted by atomic mass is 32.2. The van der Waals surface area contributed by atoms with Gasteiger partial charge in [-0.2, -0.15) is 8.42 Å². The molecule has 7 nitrogen and oxygen atoms in total. The summed E-state index contributed by atoms with van der Waals surface area (Å²) in [5, 5.41) is 17.1. The van der Waals surface area contributed by atoms with Gasteiger partial charge in [0, 0.05) is 19.6 Å². The average molecular weight is 344 g/mol. The first-order valence-corrected chi connectivity index (χ1v) is 9.59. The van der Waals surface area contributed by atoms with Crippen molar-refractivity contribution < 1.29 is 27.7 Å². The van der Waals surface area contributed by atoms with E-state index in [0.717, 1.165) is 0 Å². The number of hydrogen-bond acceptors (Lipinski definition) is 5. The molecule has 0 spiro atoms. The zero-order chi connectivity index (χ0) is 17.6. The van der Waals surface area contributed by atoms with Crippen molar-refractivity contribution in [1.82, 2.24) is 4.90 Å². The SMILES string of the molecule is CC[N+](CC)(CC)CC.O=S(=O)(O)CCN(CCO)CCO. The van der Waals surface area contributed by atoms with Gasteiger partial charge in [0.25, 0.3) is 10.1 Å². The predicted molar refractivity (Wildman–Crippen MR) is 89.5 cm³/mol. The summed E-state index contributed by atoms with van der Waals surface area (Å²) < 4.78 is 30.4. The van der Waals surface area contributed by atoms with Crippen molar-refractivity contribution in [3.63, 3.8) is 0 Å². The molecule has 3 N–H and O–H groups in total. The molecule has 0 radical (unpaired) electrons. The Morgan fingerprint density at radius 1 is 0.818 bits per heavy atom. The number of aliphatic hydroxyl groups is 2. The Kier molecular flexibility index (Phi) is 14.4. The number of hydrogen-bond donors (Lipinski definition) is 3. The second-order valence-electron chi connectivity index (χ2n) is 5.18. The normalized spacial score (nSPS) is 12.2. The van der Waals surface area contributed by atoms with Crippen LogP contribution >= 0.6 is 0 Å². The van der Waals surface area contributed by atoms with E-state index in [1.54, 1.807) is 4.90 Å². The number of aliphatic hydroxyl groups excluding tert-OH is 2. The lowest BCUT2D eigenvalue weighted by molar-refractivity contribution is -0.921. The molecular weight excluding hydrogens is 308 g/mol. The van der Waals surface area contributed by atoms with E-state index in [1.807, 2.05) is 0 Å². The van der Waals surface area contributed by atoms with Crippen molar-refractivity contribution in [1.29, 1.82) is 0 Å². The van der Waals surface area contributed by atoms with E-state index in [0.29, 0.717) is 0 Å². The lowest BCUT2D eigenvalue weighted by Gasteiger charge is -2.34. The van der Waals surface area contributed by atoms with E-state index >= 15 is 0 Å². The van der Waals surface area contributed by atoms with Gasteiger partial charge in [0.15, 0.2) is 0 Å². The van der Waals surface area contributed by atoms with Crippen molar-refractivity contribution in [2.45, 2.75) is 27.7 Å². The molecule has 0 amide bonds. The molecule has 0 atom stereocenters. The molecule has 136 valence electrons. The van der Waals surface area contributed by atoms with E-state index < -0.39 is 10.1 Å². The highest BCUT2D eigenvalue weighted by molar-refractivity contribution is 7.85. The fraction of sp³-hybridized carbons (Fsp3) is 1.00. The third kappa shape index (κ3) is 12.3. The van der Waals surface area contributed by atoms with Crippen LogP contribution in [0.1, 0.15) is 27.7 Å². The number of nitrogens with zero attached hydrogens (tertiary/aromatic N) is 2. The Hall–Kier alpha value is -0.250. The quantitative estimate of drug-likeness (QED) is 0.362. The van der Waals surface area contributed by atoms with Crippen molar-refractivity contribution in [3.8, 4) is 0 Å². The zero-order valence-corrected chi connectivity index (χ0v) is 15.3. The summed E-state index contributed by atoms with van der Waals surface area (Å²) in [6.45, 7) is 14.7. The van der Waals surface area contributed by atoms with Crippen molar-refractivity contribution in [2.24, 2.45) is 0 Å². The van der Waals surface area contributed by atoms with E-state index in [1.165, 1.54) is 30.7 Å². The number of quaternary nitrogens is 1. The summed E-state index contributed by atoms with van der Waals surface area (Å²) in [6.07, 6.45) is 0. The van der Waals surface area contributed by atoms with Crippen LogP contribution in [0.3, 0.4) is 0 Å². The highest BCUT2D eigenvalue weighted by Gasteiger charge is 2.16. The molecule has 0 aromatic rings. The van der Waals surface area contributed by atoms with Gasteiger partial charge in [-0.1, -0.05) is 0 Å². The molecule has 0 aromatic heterocycles. The largest absolute Gasteiger partial charge is 0.395 e. The average Bonchev–Trinajstić information content (AvgIpc) is 2.48. The fourth-order valence-corrected chi connectivity index (χ4v) is 2.69. The first-order valence-electron chi connectivity index (χ1n) is 7.98. The topological polar surface area (TPSA) is 98.1 Å². The maximum Gasteiger partial charge on any atom is 0.266 e. The molecule has 22 heavy (non-hydrogen) atoms. The lowest BCUT2D eigenvalue weighted by atomic mass is 10.3. The van der Waals surface area contributed by atoms with Crippen LogP contribution in [-0.4, -0.2) is 97.3 Å². The molecule has 0 saturated carbocycles. The maximum atomic E-state index is 10.3. The molecule has 0 saturated heterocycles. The van der Waals surface area contributed by atoms with Gasteiger partial charge in [-0.05, 0) is 27.7 Å². The van der Waals surface area contributed by atoms with E-state index in [2.05, 4.69) is 27.7 Å². The van der Waals surface area contributed by atoms with Crippen molar-refractivity contribution >= 4 is 10.1 Å². The monoisotopic (exact) mass is 343 g/mol. The van der Waals surface area contributed by atoms with Crippen LogP contribution in [0.2, 0.25) is 0 Å². The van der Waals surface area contributed by atoms with Gasteiger partial charge in [-0.15, -0.1) is 0 Å². The Morgan fingerprint density at radius 2 is 1.18 bits per heavy atom. The number of rotatable bonds is 11. The molecule has 8 heteroatoms. The summed E-state index contributed by atoms with van der Waals surface area (Å²) in [6, 6.07) is 0. The van der Waals surface area contributed by atoms with E-state index in [9.17, 15) is 8.42 Å². The predicted octanol–water partition coefficient (Wildman–Crippen LogP) is 0.0436. The Morgan fingerprint density at radius 3 is 1.36 bits per heavy atom. The molecule has 0 aliphatic rings. The lowest BCUT2D eigenvalue weighted by Crippen LogP contribution is -2.47. The van der Waals surface area contributed by atoms with Gasteiger partial charge in [0.05, 0.1) is 45.1 Å². The maximum absolute atomic E-state index is 10.3. The third-order valence-corrected chi connectivity index (χ3v) is 4.88. The molecule has 0 rings (SSSR count). The zero-order valence-electron chi connectivity index (χ0n) is 14.5. The van der Waals surface area contributed by atoms with Crippen LogP contribution in [-0.2, 0) is 10.1 Å². The van der Waals surface area contributed by atoms with Gasteiger partial charge in [0.2, 0.25) is 0 Å². The summed E-state index contributed by atoms with van der Waals surface area (Å²) >= 11 is 0. The Bertz CT molecular complexity index is 322. The minimum absolute atomic E-state index is 0.106. The van der Waals surface area contributed by atoms with E-state index in [4.69, 9.17) is 14.8 Å². The van der Waals surface area contributed by atoms with Crippen LogP contribution in [0.4, 0.5) is 0 Å². The van der Waals surface area contributed by atoms with Crippen molar-refractivity contribution in [3.05, 3.63) is 0 Å². The molecule has 0 aliphatic carbocycles. The van der Waals surface area contributed by atoms with Crippen LogP contribution in [0.25, 0.3) is 0 Å². The summed E-state index contributed by atoms with van der Waals surface area (Å²) in [7, 11) is -3.96. The van der Waals surface area contributed by atoms with Crippen LogP contribution in [0, 0.1) is 0 Å². The molecule has 0 fully saturated rings. The molecule has 0 aliphatic heterocycles. The molecule has 0 unspecified atom stereocenters. The first-order chi connectivity index (χ1) is 10.2. The molecule has 0 heterocycles. The van der Waals surface area contributed by atoms with Gasteiger partial charge in [0.1, 0.15) is 0 Å². The Labute approximate surface area is 135 Å². The van der Waals surface area contributed by atoms with Gasteiger partial charge in [-0.3, -0.25) is 9.45 Å². The van der Waals surface area contributed by atoms with Crippen LogP contribution in [0.5, 0.6) is 0 Å². The third-order valence-electron chi connectivity index (χ3n) is 4.18. The molecule has 0 aromatic carbocycles. The second kappa shape index (κ2) is 13.2. The van der Waals surface area contributed by atoms with Crippen molar-refractivity contribution in [2.75, 3.05) is 64.8 Å². The molecule has 0 bridgehead atoms. The van der Waals surface area contributed by atoms with E-state index in [-0.39, 0.29) is 38.6 Å².